The topological polar surface area (TPSA) is 113 Å². The third-order valence-electron chi connectivity index (χ3n) is 7.34. The van der Waals surface area contributed by atoms with Crippen molar-refractivity contribution in [2.45, 2.75) is 50.8 Å². The molecule has 0 saturated carbocycles. The van der Waals surface area contributed by atoms with Crippen LogP contribution in [-0.2, 0) is 36.1 Å². The molecule has 4 aromatic rings. The molecule has 3 N–H and O–H groups in total. The third-order valence-corrected chi connectivity index (χ3v) is 10.5. The molecule has 3 aromatic carbocycles. The highest BCUT2D eigenvalue weighted by Gasteiger charge is 2.29. The van der Waals surface area contributed by atoms with E-state index >= 15 is 0 Å². The molecular formula is C32H35ClN4O4S2. The first-order valence-corrected chi connectivity index (χ1v) is 16.1. The number of halogens is 1. The first kappa shape index (κ1) is 32.4. The number of carbonyl (C=O) groups excluding carboxylic acids is 2. The van der Waals surface area contributed by atoms with Gasteiger partial charge in [0.05, 0.1) is 10.5 Å². The first-order valence-electron chi connectivity index (χ1n) is 13.8. The predicted octanol–water partition coefficient (Wildman–Crippen LogP) is 5.68. The molecule has 0 bridgehead atoms. The van der Waals surface area contributed by atoms with E-state index in [0.717, 1.165) is 29.1 Å². The second kappa shape index (κ2) is 13.8. The minimum absolute atomic E-state index is 0. The molecule has 0 unspecified atom stereocenters. The first-order chi connectivity index (χ1) is 20.1. The van der Waals surface area contributed by atoms with Gasteiger partial charge in [0.2, 0.25) is 10.0 Å². The lowest BCUT2D eigenvalue weighted by molar-refractivity contribution is 0.0999. The third kappa shape index (κ3) is 7.34. The van der Waals surface area contributed by atoms with Gasteiger partial charge in [0.25, 0.3) is 11.8 Å². The van der Waals surface area contributed by atoms with Gasteiger partial charge in [0, 0.05) is 42.7 Å². The van der Waals surface area contributed by atoms with Crippen LogP contribution in [0.2, 0.25) is 0 Å². The summed E-state index contributed by atoms with van der Waals surface area (Å²) in [5.41, 5.74) is 9.39. The Hall–Kier alpha value is -3.54. The van der Waals surface area contributed by atoms with Crippen LogP contribution >= 0.6 is 23.7 Å². The van der Waals surface area contributed by atoms with Crippen molar-refractivity contribution in [1.82, 2.24) is 9.21 Å². The Kier molecular flexibility index (Phi) is 10.4. The maximum atomic E-state index is 13.5. The van der Waals surface area contributed by atoms with Crippen LogP contribution in [-0.4, -0.2) is 42.0 Å². The molecule has 1 aliphatic heterocycles. The summed E-state index contributed by atoms with van der Waals surface area (Å²) in [6.45, 7) is 6.14. The minimum atomic E-state index is -3.81. The van der Waals surface area contributed by atoms with E-state index in [9.17, 15) is 18.0 Å². The van der Waals surface area contributed by atoms with Gasteiger partial charge >= 0.3 is 0 Å². The second-order valence-electron chi connectivity index (χ2n) is 10.6. The van der Waals surface area contributed by atoms with E-state index < -0.39 is 21.8 Å². The second-order valence-corrected chi connectivity index (χ2v) is 13.6. The zero-order chi connectivity index (χ0) is 29.9. The molecule has 8 nitrogen and oxygen atoms in total. The van der Waals surface area contributed by atoms with Crippen molar-refractivity contribution in [1.29, 1.82) is 0 Å². The zero-order valence-electron chi connectivity index (χ0n) is 24.0. The summed E-state index contributed by atoms with van der Waals surface area (Å²) in [4.78, 5) is 29.1. The summed E-state index contributed by atoms with van der Waals surface area (Å²) >= 11 is 1.37. The quantitative estimate of drug-likeness (QED) is 0.232. The van der Waals surface area contributed by atoms with Gasteiger partial charge in [-0.15, -0.1) is 23.7 Å². The van der Waals surface area contributed by atoms with Crippen LogP contribution in [0.15, 0.2) is 89.8 Å². The number of nitrogens with two attached hydrogens (primary N) is 1. The Morgan fingerprint density at radius 1 is 0.953 bits per heavy atom. The SMILES string of the molecule is CC(C)N(Cc1ccccc1)S(=O)(=O)c1ccc(C(=O)Nc2sc3c(c2C(N)=O)CCN(Cc2ccccc2)C3)cc1.Cl. The Balaban J connectivity index is 0.00000423. The number of rotatable bonds is 10. The fourth-order valence-corrected chi connectivity index (χ4v) is 8.09. The number of hydrogen-bond donors (Lipinski definition) is 2. The van der Waals surface area contributed by atoms with Gasteiger partial charge in [0.15, 0.2) is 0 Å². The smallest absolute Gasteiger partial charge is 0.256 e. The average Bonchev–Trinajstić information content (AvgIpc) is 3.34. The molecule has 0 atom stereocenters. The van der Waals surface area contributed by atoms with Gasteiger partial charge in [-0.3, -0.25) is 14.5 Å². The van der Waals surface area contributed by atoms with Crippen LogP contribution in [0.4, 0.5) is 5.00 Å². The van der Waals surface area contributed by atoms with E-state index in [1.165, 1.54) is 45.5 Å². The standard InChI is InChI=1S/C32H34N4O4S2.ClH/c1-22(2)36(20-24-11-7-4-8-12-24)42(39,40)26-15-13-25(14-16-26)31(38)34-32-29(30(33)37)27-17-18-35(21-28(27)41-32)19-23-9-5-3-6-10-23;/h3-16,22H,17-21H2,1-2H3,(H2,33,37)(H,34,38);1H. The Labute approximate surface area is 263 Å². The zero-order valence-corrected chi connectivity index (χ0v) is 26.5. The van der Waals surface area contributed by atoms with Gasteiger partial charge < -0.3 is 11.1 Å². The molecule has 11 heteroatoms. The number of benzene rings is 3. The summed E-state index contributed by atoms with van der Waals surface area (Å²) in [6, 6.07) is 25.2. The molecule has 0 saturated heterocycles. The molecule has 0 aliphatic carbocycles. The number of amides is 2. The highest BCUT2D eigenvalue weighted by Crippen LogP contribution is 2.37. The lowest BCUT2D eigenvalue weighted by Crippen LogP contribution is -2.36. The number of nitrogens with one attached hydrogen (secondary N) is 1. The van der Waals surface area contributed by atoms with E-state index in [1.807, 2.05) is 62.4 Å². The summed E-state index contributed by atoms with van der Waals surface area (Å²) in [5, 5.41) is 3.28. The van der Waals surface area contributed by atoms with Gasteiger partial charge in [-0.1, -0.05) is 60.7 Å². The van der Waals surface area contributed by atoms with E-state index in [1.54, 1.807) is 0 Å². The number of carbonyl (C=O) groups is 2. The largest absolute Gasteiger partial charge is 0.365 e. The lowest BCUT2D eigenvalue weighted by Gasteiger charge is -2.27. The number of sulfonamides is 1. The minimum Gasteiger partial charge on any atom is -0.365 e. The van der Waals surface area contributed by atoms with Crippen molar-refractivity contribution in [2.24, 2.45) is 5.73 Å². The van der Waals surface area contributed by atoms with Crippen molar-refractivity contribution < 1.29 is 18.0 Å². The number of fused-ring (bicyclic) bond motifs is 1. The average molecular weight is 639 g/mol. The summed E-state index contributed by atoms with van der Waals surface area (Å²) in [6.07, 6.45) is 0.661. The molecule has 1 aliphatic rings. The van der Waals surface area contributed by atoms with E-state index in [-0.39, 0.29) is 35.5 Å². The number of thiophene rings is 1. The Bertz CT molecular complexity index is 1680. The fraction of sp³-hybridized carbons (Fsp3) is 0.250. The molecule has 1 aromatic heterocycles. The van der Waals surface area contributed by atoms with Crippen molar-refractivity contribution >= 4 is 50.6 Å². The summed E-state index contributed by atoms with van der Waals surface area (Å²) < 4.78 is 28.4. The summed E-state index contributed by atoms with van der Waals surface area (Å²) in [7, 11) is -3.81. The fourth-order valence-electron chi connectivity index (χ4n) is 5.18. The maximum Gasteiger partial charge on any atom is 0.256 e. The molecule has 226 valence electrons. The molecule has 0 fully saturated rings. The molecule has 0 radical (unpaired) electrons. The number of primary amides is 1. The van der Waals surface area contributed by atoms with E-state index in [4.69, 9.17) is 5.73 Å². The lowest BCUT2D eigenvalue weighted by atomic mass is 10.0. The van der Waals surface area contributed by atoms with Crippen LogP contribution in [0.1, 0.15) is 56.1 Å². The molecule has 5 rings (SSSR count). The van der Waals surface area contributed by atoms with E-state index in [2.05, 4.69) is 22.3 Å². The van der Waals surface area contributed by atoms with Crippen molar-refractivity contribution in [3.63, 3.8) is 0 Å². The van der Waals surface area contributed by atoms with Gasteiger partial charge in [-0.05, 0) is 61.2 Å². The monoisotopic (exact) mass is 638 g/mol. The number of nitrogens with zero attached hydrogens (tertiary/aromatic N) is 2. The number of hydrogen-bond acceptors (Lipinski definition) is 6. The molecule has 2 amide bonds. The Morgan fingerprint density at radius 2 is 1.56 bits per heavy atom. The van der Waals surface area contributed by atoms with Crippen LogP contribution in [0.5, 0.6) is 0 Å². The Morgan fingerprint density at radius 3 is 2.14 bits per heavy atom. The van der Waals surface area contributed by atoms with Gasteiger partial charge in [-0.2, -0.15) is 4.31 Å². The van der Waals surface area contributed by atoms with Crippen LogP contribution < -0.4 is 11.1 Å². The van der Waals surface area contributed by atoms with Gasteiger partial charge in [0.1, 0.15) is 5.00 Å². The molecule has 43 heavy (non-hydrogen) atoms. The summed E-state index contributed by atoms with van der Waals surface area (Å²) in [5.74, 6) is -1.01. The number of anilines is 1. The van der Waals surface area contributed by atoms with Gasteiger partial charge in [-0.25, -0.2) is 8.42 Å². The van der Waals surface area contributed by atoms with Crippen molar-refractivity contribution in [3.8, 4) is 0 Å². The van der Waals surface area contributed by atoms with Crippen molar-refractivity contribution in [3.05, 3.63) is 118 Å². The maximum absolute atomic E-state index is 13.5. The predicted molar refractivity (Wildman–Crippen MR) is 173 cm³/mol. The van der Waals surface area contributed by atoms with E-state index in [0.29, 0.717) is 23.5 Å². The van der Waals surface area contributed by atoms with Crippen molar-refractivity contribution in [2.75, 3.05) is 11.9 Å². The molecular weight excluding hydrogens is 604 g/mol. The normalized spacial score (nSPS) is 13.4. The highest BCUT2D eigenvalue weighted by molar-refractivity contribution is 7.89. The molecule has 0 spiro atoms. The molecule has 2 heterocycles. The highest BCUT2D eigenvalue weighted by atomic mass is 35.5. The van der Waals surface area contributed by atoms with Crippen LogP contribution in [0.3, 0.4) is 0 Å². The van der Waals surface area contributed by atoms with Crippen LogP contribution in [0, 0.1) is 0 Å². The van der Waals surface area contributed by atoms with Crippen LogP contribution in [0.25, 0.3) is 0 Å².